The molecule has 3 amide bonds. The van der Waals surface area contributed by atoms with Gasteiger partial charge in [-0.1, -0.05) is 51.6 Å². The largest absolute Gasteiger partial charge is 0.481 e. The first kappa shape index (κ1) is 28.2. The molecule has 0 fully saturated rings. The van der Waals surface area contributed by atoms with Crippen LogP contribution in [0.25, 0.3) is 12.7 Å². The zero-order chi connectivity index (χ0) is 25.9. The van der Waals surface area contributed by atoms with E-state index in [-0.39, 0.29) is 0 Å². The van der Waals surface area contributed by atoms with E-state index in [1.54, 1.807) is 33.8 Å². The molecular weight excluding hydrogens is 440 g/mol. The molecule has 34 heavy (non-hydrogen) atoms. The number of carboxylic acid groups (broad SMARTS) is 1. The summed E-state index contributed by atoms with van der Waals surface area (Å²) in [6, 6.07) is 4.50. The molecule has 1 aromatic carbocycles. The molecule has 3 unspecified atom stereocenters. The summed E-state index contributed by atoms with van der Waals surface area (Å²) in [6.07, 6.45) is 2.97. The average Bonchev–Trinajstić information content (AvgIpc) is 2.75. The molecule has 0 radical (unpaired) electrons. The first-order valence-corrected chi connectivity index (χ1v) is 10.7. The maximum Gasteiger partial charge on any atom is 0.305 e. The molecule has 1 aromatic rings. The molecule has 184 valence electrons. The molecule has 0 aliphatic carbocycles. The molecule has 1 rings (SSSR count). The van der Waals surface area contributed by atoms with Crippen LogP contribution in [0.4, 0.5) is 0 Å². The summed E-state index contributed by atoms with van der Waals surface area (Å²) >= 11 is 0. The van der Waals surface area contributed by atoms with Gasteiger partial charge in [0.15, 0.2) is 0 Å². The Hall–Kier alpha value is -3.82. The van der Waals surface area contributed by atoms with Crippen molar-refractivity contribution in [2.45, 2.75) is 52.2 Å². The highest BCUT2D eigenvalue weighted by Gasteiger charge is 2.33. The molecule has 0 spiro atoms. The number of carbonyl (C=O) groups excluding carboxylic acids is 4. The normalized spacial score (nSPS) is 14.6. The number of nitrogens with zero attached hydrogens (tertiary/aromatic N) is 1. The number of amides is 3. The summed E-state index contributed by atoms with van der Waals surface area (Å²) in [7, 11) is 0. The lowest BCUT2D eigenvalue weighted by atomic mass is 9.86. The van der Waals surface area contributed by atoms with E-state index < -0.39 is 60.2 Å². The second-order valence-electron chi connectivity index (χ2n) is 8.77. The molecule has 4 N–H and O–H groups in total. The highest BCUT2D eigenvalue weighted by atomic mass is 16.4. The Labute approximate surface area is 198 Å². The highest BCUT2D eigenvalue weighted by Crippen LogP contribution is 2.19. The van der Waals surface area contributed by atoms with Crippen molar-refractivity contribution < 1.29 is 29.1 Å². The molecule has 0 aliphatic heterocycles. The number of aliphatic imine (C=N–C) groups is 1. The topological polar surface area (TPSA) is 154 Å². The first-order chi connectivity index (χ1) is 15.8. The van der Waals surface area contributed by atoms with Gasteiger partial charge in [-0.2, -0.15) is 0 Å². The number of carboxylic acids is 1. The van der Waals surface area contributed by atoms with E-state index in [4.69, 9.17) is 5.11 Å². The third-order valence-electron chi connectivity index (χ3n) is 4.74. The van der Waals surface area contributed by atoms with Crippen LogP contribution in [0.2, 0.25) is 0 Å². The zero-order valence-corrected chi connectivity index (χ0v) is 19.8. The van der Waals surface area contributed by atoms with E-state index in [0.29, 0.717) is 6.29 Å². The van der Waals surface area contributed by atoms with Crippen molar-refractivity contribution in [3.05, 3.63) is 34.7 Å². The molecule has 0 saturated heterocycles. The number of rotatable bonds is 11. The maximum absolute atomic E-state index is 12.7. The number of aldehydes is 1. The standard InChI is InChI=1S/C24H32N4O6/c1-15-8-6-7-9-17(15)10-11-25-16(2)22(33)28-21(24(3,4)5)23(34)26-13-19(30)27-18(14-29)12-20(31)32/h6-11,14,16,18,21H,1,12-13H2,2-5H3,(H,26,34)(H,27,30)(H,28,33)(H,31,32)/b17-10-,25-11?. The number of hydrogen-bond donors (Lipinski definition) is 4. The van der Waals surface area contributed by atoms with Crippen molar-refractivity contribution in [1.82, 2.24) is 16.0 Å². The van der Waals surface area contributed by atoms with Gasteiger partial charge in [0.1, 0.15) is 18.4 Å². The number of aliphatic carboxylic acids is 1. The van der Waals surface area contributed by atoms with Crippen molar-refractivity contribution in [3.8, 4) is 0 Å². The van der Waals surface area contributed by atoms with Gasteiger partial charge < -0.3 is 25.9 Å². The minimum Gasteiger partial charge on any atom is -0.481 e. The van der Waals surface area contributed by atoms with Crippen LogP contribution in [0.5, 0.6) is 0 Å². The van der Waals surface area contributed by atoms with Crippen molar-refractivity contribution in [3.63, 3.8) is 0 Å². The van der Waals surface area contributed by atoms with E-state index in [1.165, 1.54) is 6.21 Å². The second kappa shape index (κ2) is 13.0. The molecule has 0 heterocycles. The van der Waals surface area contributed by atoms with Gasteiger partial charge in [-0.05, 0) is 28.9 Å². The van der Waals surface area contributed by atoms with Crippen LogP contribution in [0.1, 0.15) is 34.1 Å². The van der Waals surface area contributed by atoms with E-state index in [2.05, 4.69) is 27.5 Å². The van der Waals surface area contributed by atoms with E-state index in [0.717, 1.165) is 10.4 Å². The van der Waals surface area contributed by atoms with Crippen LogP contribution < -0.4 is 26.4 Å². The molecule has 3 atom stereocenters. The van der Waals surface area contributed by atoms with Crippen LogP contribution in [-0.2, 0) is 24.0 Å². The third kappa shape index (κ3) is 9.76. The Morgan fingerprint density at radius 1 is 1.12 bits per heavy atom. The first-order valence-electron chi connectivity index (χ1n) is 10.7. The Bertz CT molecular complexity index is 1040. The Kier molecular flexibility index (Phi) is 10.8. The molecule has 10 nitrogen and oxygen atoms in total. The average molecular weight is 473 g/mol. The van der Waals surface area contributed by atoms with Crippen molar-refractivity contribution in [2.75, 3.05) is 6.54 Å². The lowest BCUT2D eigenvalue weighted by Gasteiger charge is -2.30. The maximum atomic E-state index is 12.7. The fraction of sp³-hybridized carbons (Fsp3) is 0.417. The zero-order valence-electron chi connectivity index (χ0n) is 19.8. The predicted octanol–water partition coefficient (Wildman–Crippen LogP) is -0.858. The van der Waals surface area contributed by atoms with Crippen LogP contribution >= 0.6 is 0 Å². The van der Waals surface area contributed by atoms with E-state index >= 15 is 0 Å². The van der Waals surface area contributed by atoms with Crippen molar-refractivity contribution in [1.29, 1.82) is 0 Å². The lowest BCUT2D eigenvalue weighted by Crippen LogP contribution is -2.56. The Morgan fingerprint density at radius 2 is 1.76 bits per heavy atom. The van der Waals surface area contributed by atoms with Gasteiger partial charge in [-0.25, -0.2) is 0 Å². The molecule has 0 aliphatic rings. The van der Waals surface area contributed by atoms with E-state index in [1.807, 2.05) is 24.3 Å². The van der Waals surface area contributed by atoms with Crippen molar-refractivity contribution in [2.24, 2.45) is 10.4 Å². The number of benzene rings is 1. The number of hydrogen-bond acceptors (Lipinski definition) is 6. The Balaban J connectivity index is 2.77. The molecule has 0 aromatic heterocycles. The van der Waals surface area contributed by atoms with Gasteiger partial charge in [-0.3, -0.25) is 24.2 Å². The van der Waals surface area contributed by atoms with Crippen LogP contribution in [0.3, 0.4) is 0 Å². The molecular formula is C24H32N4O6. The van der Waals surface area contributed by atoms with Gasteiger partial charge in [0.05, 0.1) is 19.0 Å². The summed E-state index contributed by atoms with van der Waals surface area (Å²) < 4.78 is 0. The van der Waals surface area contributed by atoms with Gasteiger partial charge in [0.25, 0.3) is 0 Å². The third-order valence-corrected chi connectivity index (χ3v) is 4.74. The number of carbonyl (C=O) groups is 5. The predicted molar refractivity (Wildman–Crippen MR) is 128 cm³/mol. The minimum absolute atomic E-state index is 0.307. The number of nitrogens with one attached hydrogen (secondary N) is 3. The Morgan fingerprint density at radius 3 is 2.32 bits per heavy atom. The lowest BCUT2D eigenvalue weighted by molar-refractivity contribution is -0.139. The minimum atomic E-state index is -1.25. The van der Waals surface area contributed by atoms with Crippen LogP contribution in [0, 0.1) is 5.41 Å². The van der Waals surface area contributed by atoms with Crippen LogP contribution in [-0.4, -0.2) is 66.0 Å². The van der Waals surface area contributed by atoms with Gasteiger partial charge in [0.2, 0.25) is 17.7 Å². The summed E-state index contributed by atoms with van der Waals surface area (Å²) in [4.78, 5) is 63.1. The molecule has 10 heteroatoms. The quantitative estimate of drug-likeness (QED) is 0.243. The van der Waals surface area contributed by atoms with E-state index in [9.17, 15) is 24.0 Å². The second-order valence-corrected chi connectivity index (χ2v) is 8.77. The fourth-order valence-electron chi connectivity index (χ4n) is 2.80. The molecule has 0 saturated carbocycles. The summed E-state index contributed by atoms with van der Waals surface area (Å²) in [5, 5.41) is 17.7. The fourth-order valence-corrected chi connectivity index (χ4v) is 2.80. The van der Waals surface area contributed by atoms with Gasteiger partial charge >= 0.3 is 5.97 Å². The smallest absolute Gasteiger partial charge is 0.305 e. The summed E-state index contributed by atoms with van der Waals surface area (Å²) in [5.74, 6) is -3.06. The summed E-state index contributed by atoms with van der Waals surface area (Å²) in [5.41, 5.74) is -0.687. The van der Waals surface area contributed by atoms with Crippen molar-refractivity contribution >= 4 is 48.8 Å². The SMILES string of the molecule is C=c1cccc/c1=C/C=NC(C)C(=O)NC(C(=O)NCC(=O)NC(C=O)CC(=O)O)C(C)(C)C. The monoisotopic (exact) mass is 472 g/mol. The summed E-state index contributed by atoms with van der Waals surface area (Å²) in [6.45, 7) is 10.3. The van der Waals surface area contributed by atoms with Crippen LogP contribution in [0.15, 0.2) is 29.3 Å². The molecule has 0 bridgehead atoms. The van der Waals surface area contributed by atoms with Gasteiger partial charge in [-0.15, -0.1) is 0 Å². The van der Waals surface area contributed by atoms with Gasteiger partial charge in [0, 0.05) is 6.21 Å². The highest BCUT2D eigenvalue weighted by molar-refractivity contribution is 5.95.